The van der Waals surface area contributed by atoms with Crippen molar-refractivity contribution in [2.24, 2.45) is 0 Å². The minimum atomic E-state index is 0.288. The Labute approximate surface area is 153 Å². The predicted molar refractivity (Wildman–Crippen MR) is 102 cm³/mol. The van der Waals surface area contributed by atoms with Crippen molar-refractivity contribution in [1.82, 2.24) is 9.97 Å². The zero-order chi connectivity index (χ0) is 17.8. The van der Waals surface area contributed by atoms with Crippen molar-refractivity contribution in [3.05, 3.63) is 36.7 Å². The highest BCUT2D eigenvalue weighted by molar-refractivity contribution is 5.58. The van der Waals surface area contributed by atoms with Crippen LogP contribution in [0.3, 0.4) is 0 Å². The molecule has 0 bridgehead atoms. The molecule has 0 aliphatic carbocycles. The number of phenolic OH excluding ortho intramolecular Hbond substituents is 1. The molecule has 2 aliphatic heterocycles. The number of piperidine rings is 1. The lowest BCUT2D eigenvalue weighted by molar-refractivity contribution is 0.122. The molecule has 1 atom stereocenters. The lowest BCUT2D eigenvalue weighted by Gasteiger charge is -2.35. The van der Waals surface area contributed by atoms with Gasteiger partial charge in [-0.2, -0.15) is 0 Å². The Bertz CT molecular complexity index is 735. The van der Waals surface area contributed by atoms with Gasteiger partial charge in [-0.25, -0.2) is 9.97 Å². The monoisotopic (exact) mass is 355 g/mol. The molecule has 4 rings (SSSR count). The summed E-state index contributed by atoms with van der Waals surface area (Å²) in [6.45, 7) is 5.00. The van der Waals surface area contributed by atoms with Crippen LogP contribution in [0.5, 0.6) is 5.75 Å². The fourth-order valence-electron chi connectivity index (χ4n) is 3.65. The van der Waals surface area contributed by atoms with Gasteiger partial charge in [0.25, 0.3) is 0 Å². The quantitative estimate of drug-likeness (QED) is 0.870. The summed E-state index contributed by atoms with van der Waals surface area (Å²) in [6, 6.07) is 9.84. The summed E-state index contributed by atoms with van der Waals surface area (Å²) in [7, 11) is 0. The van der Waals surface area contributed by atoms with Gasteiger partial charge in [-0.1, -0.05) is 12.1 Å². The molecule has 2 aliphatic rings. The third-order valence-corrected chi connectivity index (χ3v) is 4.98. The van der Waals surface area contributed by atoms with E-state index in [1.54, 1.807) is 12.4 Å². The number of anilines is 3. The number of benzene rings is 1. The topological polar surface area (TPSA) is 73.8 Å². The zero-order valence-electron chi connectivity index (χ0n) is 14.8. The number of nitrogens with one attached hydrogen (secondary N) is 1. The Hall–Kier alpha value is -2.54. The van der Waals surface area contributed by atoms with E-state index in [1.807, 2.05) is 24.3 Å². The van der Waals surface area contributed by atoms with Crippen LogP contribution in [0.15, 0.2) is 36.7 Å². The molecule has 0 radical (unpaired) electrons. The molecule has 7 nitrogen and oxygen atoms in total. The molecule has 2 saturated heterocycles. The molecule has 2 N–H and O–H groups in total. The Morgan fingerprint density at radius 3 is 2.77 bits per heavy atom. The summed E-state index contributed by atoms with van der Waals surface area (Å²) in [5, 5.41) is 13.7. The molecule has 0 amide bonds. The molecule has 138 valence electrons. The van der Waals surface area contributed by atoms with Gasteiger partial charge in [0.2, 0.25) is 0 Å². The van der Waals surface area contributed by atoms with Crippen LogP contribution in [-0.2, 0) is 4.74 Å². The van der Waals surface area contributed by atoms with Crippen molar-refractivity contribution in [1.29, 1.82) is 0 Å². The number of aromatic hydroxyl groups is 1. The van der Waals surface area contributed by atoms with Crippen molar-refractivity contribution in [2.75, 3.05) is 54.5 Å². The van der Waals surface area contributed by atoms with E-state index in [1.165, 1.54) is 0 Å². The summed E-state index contributed by atoms with van der Waals surface area (Å²) < 4.78 is 5.41. The number of ether oxygens (including phenoxy) is 1. The van der Waals surface area contributed by atoms with Crippen LogP contribution in [0.1, 0.15) is 12.8 Å². The fraction of sp³-hybridized carbons (Fsp3) is 0.474. The fourth-order valence-corrected chi connectivity index (χ4v) is 3.65. The van der Waals surface area contributed by atoms with Crippen molar-refractivity contribution < 1.29 is 9.84 Å². The standard InChI is InChI=1S/C19H25N5O2/c25-17-6-2-1-5-16(17)24-7-3-4-15(13-24)22-18-12-19(21-14-20-18)23-8-10-26-11-9-23/h1-2,5-6,12,14-15,25H,3-4,7-11,13H2,(H,20,21,22)/t15-/m1/s1. The molecule has 3 heterocycles. The Morgan fingerprint density at radius 1 is 1.08 bits per heavy atom. The van der Waals surface area contributed by atoms with E-state index in [-0.39, 0.29) is 6.04 Å². The first kappa shape index (κ1) is 16.9. The molecule has 0 spiro atoms. The molecule has 7 heteroatoms. The summed E-state index contributed by atoms with van der Waals surface area (Å²) in [6.07, 6.45) is 3.78. The van der Waals surface area contributed by atoms with Gasteiger partial charge in [0.15, 0.2) is 0 Å². The highest BCUT2D eigenvalue weighted by atomic mass is 16.5. The van der Waals surface area contributed by atoms with Crippen LogP contribution in [-0.4, -0.2) is 60.5 Å². The van der Waals surface area contributed by atoms with Crippen LogP contribution in [0.4, 0.5) is 17.3 Å². The van der Waals surface area contributed by atoms with E-state index in [2.05, 4.69) is 25.1 Å². The third-order valence-electron chi connectivity index (χ3n) is 4.98. The van der Waals surface area contributed by atoms with Crippen LogP contribution in [0, 0.1) is 0 Å². The predicted octanol–water partition coefficient (Wildman–Crippen LogP) is 2.10. The maximum absolute atomic E-state index is 10.1. The highest BCUT2D eigenvalue weighted by Gasteiger charge is 2.22. The van der Waals surface area contributed by atoms with Gasteiger partial charge in [-0.3, -0.25) is 0 Å². The molecule has 2 fully saturated rings. The van der Waals surface area contributed by atoms with Crippen molar-refractivity contribution in [2.45, 2.75) is 18.9 Å². The first-order valence-corrected chi connectivity index (χ1v) is 9.24. The number of phenols is 1. The molecule has 1 aromatic carbocycles. The number of nitrogens with zero attached hydrogens (tertiary/aromatic N) is 4. The number of aromatic nitrogens is 2. The van der Waals surface area contributed by atoms with Gasteiger partial charge in [0, 0.05) is 38.3 Å². The molecular weight excluding hydrogens is 330 g/mol. The number of morpholine rings is 1. The summed E-state index contributed by atoms with van der Waals surface area (Å²) in [5.74, 6) is 2.13. The van der Waals surface area contributed by atoms with Gasteiger partial charge in [0.1, 0.15) is 23.7 Å². The van der Waals surface area contributed by atoms with Crippen molar-refractivity contribution in [3.63, 3.8) is 0 Å². The van der Waals surface area contributed by atoms with Gasteiger partial charge in [-0.05, 0) is 25.0 Å². The number of rotatable bonds is 4. The first-order valence-electron chi connectivity index (χ1n) is 9.24. The summed E-state index contributed by atoms with van der Waals surface area (Å²) in [5.41, 5.74) is 0.899. The van der Waals surface area contributed by atoms with Crippen molar-refractivity contribution in [3.8, 4) is 5.75 Å². The molecule has 1 aromatic heterocycles. The third kappa shape index (κ3) is 3.83. The molecular formula is C19H25N5O2. The summed E-state index contributed by atoms with van der Waals surface area (Å²) in [4.78, 5) is 13.3. The van der Waals surface area contributed by atoms with E-state index >= 15 is 0 Å². The highest BCUT2D eigenvalue weighted by Crippen LogP contribution is 2.29. The molecule has 26 heavy (non-hydrogen) atoms. The number of hydrogen-bond acceptors (Lipinski definition) is 7. The average molecular weight is 355 g/mol. The largest absolute Gasteiger partial charge is 0.506 e. The first-order chi connectivity index (χ1) is 12.8. The van der Waals surface area contributed by atoms with Crippen LogP contribution in [0.2, 0.25) is 0 Å². The van der Waals surface area contributed by atoms with E-state index in [0.29, 0.717) is 5.75 Å². The van der Waals surface area contributed by atoms with Crippen molar-refractivity contribution >= 4 is 17.3 Å². The van der Waals surface area contributed by atoms with E-state index < -0.39 is 0 Å². The lowest BCUT2D eigenvalue weighted by atomic mass is 10.0. The Kier molecular flexibility index (Phi) is 5.06. The Morgan fingerprint density at radius 2 is 1.92 bits per heavy atom. The minimum absolute atomic E-state index is 0.288. The van der Waals surface area contributed by atoms with Crippen LogP contribution >= 0.6 is 0 Å². The minimum Gasteiger partial charge on any atom is -0.506 e. The van der Waals surface area contributed by atoms with Gasteiger partial charge < -0.3 is 25.0 Å². The van der Waals surface area contributed by atoms with E-state index in [4.69, 9.17) is 4.74 Å². The maximum Gasteiger partial charge on any atom is 0.138 e. The second-order valence-corrected chi connectivity index (χ2v) is 6.78. The van der Waals surface area contributed by atoms with Gasteiger partial charge in [-0.15, -0.1) is 0 Å². The number of para-hydroxylation sites is 2. The average Bonchev–Trinajstić information content (AvgIpc) is 2.69. The smallest absolute Gasteiger partial charge is 0.138 e. The SMILES string of the molecule is Oc1ccccc1N1CCC[C@@H](Nc2cc(N3CCOCC3)ncn2)C1. The summed E-state index contributed by atoms with van der Waals surface area (Å²) >= 11 is 0. The zero-order valence-corrected chi connectivity index (χ0v) is 14.8. The van der Waals surface area contributed by atoms with Crippen LogP contribution < -0.4 is 15.1 Å². The maximum atomic E-state index is 10.1. The Balaban J connectivity index is 1.43. The van der Waals surface area contributed by atoms with E-state index in [9.17, 15) is 5.11 Å². The molecule has 2 aromatic rings. The van der Waals surface area contributed by atoms with Gasteiger partial charge >= 0.3 is 0 Å². The second kappa shape index (κ2) is 7.78. The van der Waals surface area contributed by atoms with Crippen LogP contribution in [0.25, 0.3) is 0 Å². The van der Waals surface area contributed by atoms with E-state index in [0.717, 1.165) is 69.6 Å². The second-order valence-electron chi connectivity index (χ2n) is 6.78. The molecule has 0 saturated carbocycles. The molecule has 0 unspecified atom stereocenters. The van der Waals surface area contributed by atoms with Gasteiger partial charge in [0.05, 0.1) is 18.9 Å². The normalized spacial score (nSPS) is 20.8. The number of hydrogen-bond donors (Lipinski definition) is 2. The lowest BCUT2D eigenvalue weighted by Crippen LogP contribution is -2.42.